The van der Waals surface area contributed by atoms with Gasteiger partial charge in [-0.1, -0.05) is 53.6 Å². The van der Waals surface area contributed by atoms with Gasteiger partial charge in [-0.25, -0.2) is 4.98 Å². The Balaban J connectivity index is 1.46. The van der Waals surface area contributed by atoms with Gasteiger partial charge >= 0.3 is 0 Å². The van der Waals surface area contributed by atoms with Crippen LogP contribution in [0, 0.1) is 6.92 Å². The smallest absolute Gasteiger partial charge is 0.256 e. The van der Waals surface area contributed by atoms with E-state index in [4.69, 9.17) is 16.0 Å². The second-order valence-electron chi connectivity index (χ2n) is 7.16. The fourth-order valence-corrected chi connectivity index (χ4v) is 3.73. The van der Waals surface area contributed by atoms with E-state index in [0.717, 1.165) is 16.3 Å². The number of oxazole rings is 1. The molecule has 5 heteroatoms. The molecule has 0 aliphatic carbocycles. The van der Waals surface area contributed by atoms with Crippen molar-refractivity contribution in [2.45, 2.75) is 6.92 Å². The Labute approximate surface area is 178 Å². The summed E-state index contributed by atoms with van der Waals surface area (Å²) in [5.41, 5.74) is 4.65. The van der Waals surface area contributed by atoms with E-state index >= 15 is 0 Å². The molecule has 1 aromatic heterocycles. The molecule has 0 spiro atoms. The molecule has 0 saturated carbocycles. The topological polar surface area (TPSA) is 55.1 Å². The number of halogens is 1. The fourth-order valence-electron chi connectivity index (χ4n) is 3.49. The maximum Gasteiger partial charge on any atom is 0.256 e. The molecule has 0 saturated heterocycles. The first-order valence-corrected chi connectivity index (χ1v) is 9.92. The van der Waals surface area contributed by atoms with Gasteiger partial charge in [-0.05, 0) is 54.8 Å². The fraction of sp³-hybridized carbons (Fsp3) is 0.0400. The average molecular weight is 413 g/mol. The highest BCUT2D eigenvalue weighted by Gasteiger charge is 2.13. The third-order valence-electron chi connectivity index (χ3n) is 5.06. The summed E-state index contributed by atoms with van der Waals surface area (Å²) in [6.07, 6.45) is 0. The molecular formula is C25H17ClN2O2. The van der Waals surface area contributed by atoms with Crippen molar-refractivity contribution in [2.24, 2.45) is 0 Å². The number of benzene rings is 4. The van der Waals surface area contributed by atoms with E-state index < -0.39 is 0 Å². The second kappa shape index (κ2) is 7.32. The number of nitrogens with one attached hydrogen (secondary N) is 1. The molecular weight excluding hydrogens is 396 g/mol. The molecule has 5 aromatic rings. The number of hydrogen-bond acceptors (Lipinski definition) is 3. The average Bonchev–Trinajstić information content (AvgIpc) is 3.17. The zero-order chi connectivity index (χ0) is 20.7. The van der Waals surface area contributed by atoms with Crippen molar-refractivity contribution < 1.29 is 9.21 Å². The summed E-state index contributed by atoms with van der Waals surface area (Å²) in [5, 5.41) is 5.24. The maximum atomic E-state index is 12.9. The summed E-state index contributed by atoms with van der Waals surface area (Å²) in [4.78, 5) is 17.5. The number of carbonyl (C=O) groups excluding carboxylic acids is 1. The van der Waals surface area contributed by atoms with Gasteiger partial charge in [-0.15, -0.1) is 0 Å². The van der Waals surface area contributed by atoms with Crippen LogP contribution in [0.25, 0.3) is 33.3 Å². The third kappa shape index (κ3) is 3.31. The van der Waals surface area contributed by atoms with Crippen molar-refractivity contribution in [3.05, 3.63) is 95.0 Å². The maximum absolute atomic E-state index is 12.9. The highest BCUT2D eigenvalue weighted by Crippen LogP contribution is 2.28. The summed E-state index contributed by atoms with van der Waals surface area (Å²) >= 11 is 6.27. The summed E-state index contributed by atoms with van der Waals surface area (Å²) in [5.74, 6) is 0.349. The normalized spacial score (nSPS) is 11.1. The van der Waals surface area contributed by atoms with Crippen LogP contribution in [0.4, 0.5) is 5.69 Å². The van der Waals surface area contributed by atoms with Crippen molar-refractivity contribution in [2.75, 3.05) is 5.32 Å². The lowest BCUT2D eigenvalue weighted by atomic mass is 10.0. The Hall–Kier alpha value is -3.63. The van der Waals surface area contributed by atoms with Gasteiger partial charge in [0.25, 0.3) is 5.91 Å². The molecule has 1 amide bonds. The Bertz CT molecular complexity index is 1400. The van der Waals surface area contributed by atoms with Crippen LogP contribution in [0.1, 0.15) is 15.9 Å². The molecule has 30 heavy (non-hydrogen) atoms. The van der Waals surface area contributed by atoms with Gasteiger partial charge in [0, 0.05) is 27.2 Å². The summed E-state index contributed by atoms with van der Waals surface area (Å²) < 4.78 is 5.87. The molecule has 4 aromatic carbocycles. The molecule has 0 aliphatic rings. The highest BCUT2D eigenvalue weighted by molar-refractivity contribution is 6.36. The lowest BCUT2D eigenvalue weighted by Crippen LogP contribution is -2.12. The number of rotatable bonds is 3. The third-order valence-corrected chi connectivity index (χ3v) is 5.39. The Morgan fingerprint density at radius 2 is 1.70 bits per heavy atom. The number of anilines is 1. The van der Waals surface area contributed by atoms with Gasteiger partial charge in [0.05, 0.1) is 0 Å². The van der Waals surface area contributed by atoms with E-state index in [9.17, 15) is 4.79 Å². The second-order valence-corrected chi connectivity index (χ2v) is 7.57. The molecule has 0 unspecified atom stereocenters. The number of nitrogens with zero attached hydrogens (tertiary/aromatic N) is 1. The first-order chi connectivity index (χ1) is 14.6. The molecule has 0 atom stereocenters. The predicted molar refractivity (Wildman–Crippen MR) is 121 cm³/mol. The number of hydrogen-bond donors (Lipinski definition) is 1. The predicted octanol–water partition coefficient (Wildman–Crippen LogP) is 6.86. The number of aromatic nitrogens is 1. The lowest BCUT2D eigenvalue weighted by Gasteiger charge is -2.09. The van der Waals surface area contributed by atoms with Crippen molar-refractivity contribution in [1.29, 1.82) is 0 Å². The summed E-state index contributed by atoms with van der Waals surface area (Å²) in [6, 6.07) is 24.5. The number of aryl methyl sites for hydroxylation is 1. The minimum absolute atomic E-state index is 0.204. The van der Waals surface area contributed by atoms with E-state index in [1.54, 1.807) is 6.07 Å². The standard InChI is InChI=1S/C25H17ClN2O2/c1-15-8-10-16(11-9-15)25-28-22-14-17(12-13-23(22)30-25)27-24(29)20-6-2-5-19-18(20)4-3-7-21(19)26/h2-14H,1H3,(H,27,29). The van der Waals surface area contributed by atoms with Crippen molar-refractivity contribution >= 4 is 45.1 Å². The molecule has 5 rings (SSSR count). The van der Waals surface area contributed by atoms with E-state index in [-0.39, 0.29) is 5.91 Å². The van der Waals surface area contributed by atoms with Crippen molar-refractivity contribution in [1.82, 2.24) is 4.98 Å². The van der Waals surface area contributed by atoms with Gasteiger partial charge in [-0.3, -0.25) is 4.79 Å². The van der Waals surface area contributed by atoms with E-state index in [1.807, 2.05) is 79.7 Å². The van der Waals surface area contributed by atoms with Crippen LogP contribution in [0.5, 0.6) is 0 Å². The van der Waals surface area contributed by atoms with E-state index in [0.29, 0.717) is 33.3 Å². The van der Waals surface area contributed by atoms with Crippen LogP contribution in [-0.4, -0.2) is 10.9 Å². The number of fused-ring (bicyclic) bond motifs is 2. The van der Waals surface area contributed by atoms with Gasteiger partial charge in [-0.2, -0.15) is 0 Å². The van der Waals surface area contributed by atoms with E-state index in [2.05, 4.69) is 10.3 Å². The van der Waals surface area contributed by atoms with Gasteiger partial charge in [0.1, 0.15) is 5.52 Å². The molecule has 0 aliphatic heterocycles. The first-order valence-electron chi connectivity index (χ1n) is 9.55. The van der Waals surface area contributed by atoms with Crippen molar-refractivity contribution in [3.63, 3.8) is 0 Å². The van der Waals surface area contributed by atoms with Crippen LogP contribution in [0.15, 0.2) is 83.3 Å². The van der Waals surface area contributed by atoms with Crippen LogP contribution in [0.2, 0.25) is 5.02 Å². The Kier molecular flexibility index (Phi) is 4.49. The number of amides is 1. The van der Waals surface area contributed by atoms with Gasteiger partial charge in [0.15, 0.2) is 5.58 Å². The summed E-state index contributed by atoms with van der Waals surface area (Å²) in [7, 11) is 0. The minimum atomic E-state index is -0.204. The lowest BCUT2D eigenvalue weighted by molar-refractivity contribution is 0.102. The minimum Gasteiger partial charge on any atom is -0.436 e. The quantitative estimate of drug-likeness (QED) is 0.352. The highest BCUT2D eigenvalue weighted by atomic mass is 35.5. The Morgan fingerprint density at radius 1 is 0.933 bits per heavy atom. The molecule has 1 N–H and O–H groups in total. The number of carbonyl (C=O) groups is 1. The molecule has 1 heterocycles. The zero-order valence-electron chi connectivity index (χ0n) is 16.1. The summed E-state index contributed by atoms with van der Waals surface area (Å²) in [6.45, 7) is 2.04. The SMILES string of the molecule is Cc1ccc(-c2nc3cc(NC(=O)c4cccc5c(Cl)cccc45)ccc3o2)cc1. The van der Waals surface area contributed by atoms with Gasteiger partial charge < -0.3 is 9.73 Å². The monoisotopic (exact) mass is 412 g/mol. The molecule has 0 fully saturated rings. The molecule has 0 bridgehead atoms. The van der Waals surface area contributed by atoms with Crippen LogP contribution < -0.4 is 5.32 Å². The molecule has 4 nitrogen and oxygen atoms in total. The van der Waals surface area contributed by atoms with Crippen LogP contribution >= 0.6 is 11.6 Å². The largest absolute Gasteiger partial charge is 0.436 e. The first kappa shape index (κ1) is 18.4. The van der Waals surface area contributed by atoms with Crippen molar-refractivity contribution in [3.8, 4) is 11.5 Å². The van der Waals surface area contributed by atoms with Gasteiger partial charge in [0.2, 0.25) is 5.89 Å². The zero-order valence-corrected chi connectivity index (χ0v) is 16.9. The molecule has 146 valence electrons. The Morgan fingerprint density at radius 3 is 2.53 bits per heavy atom. The van der Waals surface area contributed by atoms with Crippen LogP contribution in [0.3, 0.4) is 0 Å². The van der Waals surface area contributed by atoms with E-state index in [1.165, 1.54) is 5.56 Å². The molecule has 0 radical (unpaired) electrons. The van der Waals surface area contributed by atoms with Crippen LogP contribution in [-0.2, 0) is 0 Å².